The van der Waals surface area contributed by atoms with Crippen LogP contribution < -0.4 is 0 Å². The molecule has 1 aromatic rings. The van der Waals surface area contributed by atoms with Crippen LogP contribution in [-0.4, -0.2) is 70.3 Å². The molecule has 1 aromatic heterocycles. The number of aryl methyl sites for hydroxylation is 1. The van der Waals surface area contributed by atoms with E-state index in [2.05, 4.69) is 10.2 Å². The fraction of sp³-hybridized carbons (Fsp3) is 0.800. The Morgan fingerprint density at radius 1 is 1.45 bits per heavy atom. The fourth-order valence-electron chi connectivity index (χ4n) is 2.76. The number of nitrogens with zero attached hydrogens (tertiary/aromatic N) is 4. The molecule has 1 N–H and O–H groups in total. The highest BCUT2D eigenvalue weighted by atomic mass is 16.4. The molecule has 0 spiro atoms. The van der Waals surface area contributed by atoms with Crippen molar-refractivity contribution in [3.05, 3.63) is 11.8 Å². The van der Waals surface area contributed by atoms with Gasteiger partial charge in [0.2, 0.25) is 17.7 Å². The van der Waals surface area contributed by atoms with Crippen LogP contribution >= 0.6 is 0 Å². The van der Waals surface area contributed by atoms with Gasteiger partial charge >= 0.3 is 0 Å². The average Bonchev–Trinajstić information content (AvgIpc) is 3.02. The van der Waals surface area contributed by atoms with E-state index >= 15 is 0 Å². The van der Waals surface area contributed by atoms with Gasteiger partial charge in [-0.3, -0.25) is 4.79 Å². The van der Waals surface area contributed by atoms with E-state index in [0.717, 1.165) is 0 Å². The van der Waals surface area contributed by atoms with Gasteiger partial charge in [0.1, 0.15) is 0 Å². The number of carbonyl (C=O) groups excluding carboxylic acids is 1. The molecule has 1 saturated heterocycles. The summed E-state index contributed by atoms with van der Waals surface area (Å²) in [5.74, 6) is 1.32. The molecule has 2 rings (SSSR count). The van der Waals surface area contributed by atoms with Gasteiger partial charge < -0.3 is 19.3 Å². The van der Waals surface area contributed by atoms with E-state index in [0.29, 0.717) is 50.7 Å². The third-order valence-electron chi connectivity index (χ3n) is 3.82. The Bertz CT molecular complexity index is 515. The van der Waals surface area contributed by atoms with Gasteiger partial charge in [-0.25, -0.2) is 0 Å². The first-order valence-electron chi connectivity index (χ1n) is 7.76. The predicted octanol–water partition coefficient (Wildman–Crippen LogP) is 0.651. The minimum Gasteiger partial charge on any atom is -0.425 e. The van der Waals surface area contributed by atoms with Gasteiger partial charge in [0.15, 0.2) is 0 Å². The number of β-amino-alcohol motifs (C(OH)–C–C–N with tert-alkyl or cyclic N) is 1. The second-order valence-electron chi connectivity index (χ2n) is 6.72. The van der Waals surface area contributed by atoms with Gasteiger partial charge in [-0.1, -0.05) is 13.8 Å². The molecule has 1 atom stereocenters. The molecule has 124 valence electrons. The SMILES string of the molecule is CC(C)c1nnc(CCC(=O)N2CC[C@](O)(CN(C)C)C2)o1. The number of hydrogen-bond acceptors (Lipinski definition) is 6. The van der Waals surface area contributed by atoms with Crippen LogP contribution in [0, 0.1) is 0 Å². The van der Waals surface area contributed by atoms with Gasteiger partial charge in [-0.05, 0) is 20.5 Å². The summed E-state index contributed by atoms with van der Waals surface area (Å²) in [5.41, 5.74) is -0.797. The van der Waals surface area contributed by atoms with Crippen molar-refractivity contribution in [3.8, 4) is 0 Å². The maximum absolute atomic E-state index is 12.2. The number of aliphatic hydroxyl groups is 1. The quantitative estimate of drug-likeness (QED) is 0.831. The minimum atomic E-state index is -0.797. The number of amides is 1. The van der Waals surface area contributed by atoms with Gasteiger partial charge in [-0.2, -0.15) is 0 Å². The Kier molecular flexibility index (Phi) is 5.18. The molecule has 1 amide bonds. The van der Waals surface area contributed by atoms with E-state index in [1.165, 1.54) is 0 Å². The zero-order valence-electron chi connectivity index (χ0n) is 13.9. The van der Waals surface area contributed by atoms with Crippen molar-refractivity contribution in [3.63, 3.8) is 0 Å². The number of likely N-dealkylation sites (N-methyl/N-ethyl adjacent to an activating group) is 1. The molecule has 7 nitrogen and oxygen atoms in total. The van der Waals surface area contributed by atoms with Gasteiger partial charge in [0.05, 0.1) is 12.1 Å². The zero-order chi connectivity index (χ0) is 16.3. The summed E-state index contributed by atoms with van der Waals surface area (Å²) in [6.45, 7) is 5.53. The number of rotatable bonds is 6. The Morgan fingerprint density at radius 3 is 2.77 bits per heavy atom. The molecule has 22 heavy (non-hydrogen) atoms. The third-order valence-corrected chi connectivity index (χ3v) is 3.82. The lowest BCUT2D eigenvalue weighted by atomic mass is 10.0. The molecule has 0 aliphatic carbocycles. The smallest absolute Gasteiger partial charge is 0.223 e. The molecule has 1 fully saturated rings. The molecular weight excluding hydrogens is 284 g/mol. The first-order chi connectivity index (χ1) is 10.3. The van der Waals surface area contributed by atoms with Crippen molar-refractivity contribution >= 4 is 5.91 Å². The van der Waals surface area contributed by atoms with E-state index in [9.17, 15) is 9.90 Å². The first kappa shape index (κ1) is 16.9. The van der Waals surface area contributed by atoms with Crippen LogP contribution in [0.3, 0.4) is 0 Å². The van der Waals surface area contributed by atoms with E-state index in [1.807, 2.05) is 32.8 Å². The van der Waals surface area contributed by atoms with Crippen molar-refractivity contribution in [1.29, 1.82) is 0 Å². The van der Waals surface area contributed by atoms with Crippen molar-refractivity contribution in [1.82, 2.24) is 20.0 Å². The molecule has 0 radical (unpaired) electrons. The van der Waals surface area contributed by atoms with Crippen molar-refractivity contribution < 1.29 is 14.3 Å². The summed E-state index contributed by atoms with van der Waals surface area (Å²) in [5, 5.41) is 18.4. The van der Waals surface area contributed by atoms with Gasteiger partial charge in [0, 0.05) is 31.8 Å². The van der Waals surface area contributed by atoms with Crippen LogP contribution in [0.1, 0.15) is 44.4 Å². The topological polar surface area (TPSA) is 82.7 Å². The molecule has 2 heterocycles. The monoisotopic (exact) mass is 310 g/mol. The van der Waals surface area contributed by atoms with Crippen LogP contribution in [0.15, 0.2) is 4.42 Å². The van der Waals surface area contributed by atoms with Crippen molar-refractivity contribution in [2.24, 2.45) is 0 Å². The number of likely N-dealkylation sites (tertiary alicyclic amines) is 1. The number of hydrogen-bond donors (Lipinski definition) is 1. The Hall–Kier alpha value is -1.47. The van der Waals surface area contributed by atoms with Crippen LogP contribution in [-0.2, 0) is 11.2 Å². The van der Waals surface area contributed by atoms with E-state index in [4.69, 9.17) is 4.42 Å². The molecule has 0 saturated carbocycles. The van der Waals surface area contributed by atoms with Gasteiger partial charge in [-0.15, -0.1) is 10.2 Å². The third kappa shape index (κ3) is 4.27. The van der Waals surface area contributed by atoms with Crippen LogP contribution in [0.2, 0.25) is 0 Å². The second kappa shape index (κ2) is 6.75. The molecule has 0 unspecified atom stereocenters. The molecule has 0 aromatic carbocycles. The normalized spacial score (nSPS) is 22.0. The lowest BCUT2D eigenvalue weighted by Crippen LogP contribution is -2.43. The Morgan fingerprint density at radius 2 is 2.18 bits per heavy atom. The largest absolute Gasteiger partial charge is 0.425 e. The minimum absolute atomic E-state index is 0.0268. The second-order valence-corrected chi connectivity index (χ2v) is 6.72. The Balaban J connectivity index is 1.83. The highest BCUT2D eigenvalue weighted by Gasteiger charge is 2.38. The van der Waals surface area contributed by atoms with Crippen LogP contribution in [0.5, 0.6) is 0 Å². The maximum Gasteiger partial charge on any atom is 0.223 e. The molecule has 7 heteroatoms. The Labute approximate surface area is 131 Å². The number of carbonyl (C=O) groups is 1. The van der Waals surface area contributed by atoms with Crippen molar-refractivity contribution in [2.75, 3.05) is 33.7 Å². The zero-order valence-corrected chi connectivity index (χ0v) is 13.9. The summed E-state index contributed by atoms with van der Waals surface area (Å²) in [6.07, 6.45) is 1.40. The molecular formula is C15H26N4O3. The van der Waals surface area contributed by atoms with Crippen LogP contribution in [0.4, 0.5) is 0 Å². The first-order valence-corrected chi connectivity index (χ1v) is 7.76. The highest BCUT2D eigenvalue weighted by Crippen LogP contribution is 2.23. The summed E-state index contributed by atoms with van der Waals surface area (Å²) in [4.78, 5) is 15.9. The van der Waals surface area contributed by atoms with Crippen LogP contribution in [0.25, 0.3) is 0 Å². The summed E-state index contributed by atoms with van der Waals surface area (Å²) < 4.78 is 5.50. The highest BCUT2D eigenvalue weighted by molar-refractivity contribution is 5.76. The standard InChI is InChI=1S/C15H26N4O3/c1-11(2)14-17-16-12(22-14)5-6-13(20)19-8-7-15(21,10-19)9-18(3)4/h11,21H,5-10H2,1-4H3/t15-/m0/s1. The van der Waals surface area contributed by atoms with E-state index in [-0.39, 0.29) is 11.8 Å². The van der Waals surface area contributed by atoms with Gasteiger partial charge in [0.25, 0.3) is 0 Å². The fourth-order valence-corrected chi connectivity index (χ4v) is 2.76. The van der Waals surface area contributed by atoms with E-state index < -0.39 is 5.60 Å². The molecule has 0 bridgehead atoms. The van der Waals surface area contributed by atoms with E-state index in [1.54, 1.807) is 4.90 Å². The van der Waals surface area contributed by atoms with Crippen molar-refractivity contribution in [2.45, 2.75) is 44.6 Å². The predicted molar refractivity (Wildman–Crippen MR) is 81.4 cm³/mol. The number of aromatic nitrogens is 2. The summed E-state index contributed by atoms with van der Waals surface area (Å²) in [7, 11) is 3.84. The molecule has 1 aliphatic rings. The lowest BCUT2D eigenvalue weighted by molar-refractivity contribution is -0.131. The summed E-state index contributed by atoms with van der Waals surface area (Å²) in [6, 6.07) is 0. The molecule has 1 aliphatic heterocycles. The summed E-state index contributed by atoms with van der Waals surface area (Å²) >= 11 is 0. The average molecular weight is 310 g/mol. The maximum atomic E-state index is 12.2. The lowest BCUT2D eigenvalue weighted by Gasteiger charge is -2.26.